The van der Waals surface area contributed by atoms with Crippen LogP contribution in [0.25, 0.3) is 0 Å². The second-order valence-corrected chi connectivity index (χ2v) is 4.09. The molecule has 0 spiro atoms. The zero-order valence-corrected chi connectivity index (χ0v) is 10.6. The van der Waals surface area contributed by atoms with Crippen molar-refractivity contribution in [3.8, 4) is 0 Å². The summed E-state index contributed by atoms with van der Waals surface area (Å²) in [6, 6.07) is 0.590. The molecule has 0 aromatic heterocycles. The monoisotopic (exact) mass is 213 g/mol. The van der Waals surface area contributed by atoms with E-state index in [1.54, 1.807) is 7.11 Å². The van der Waals surface area contributed by atoms with Crippen molar-refractivity contribution in [3.05, 3.63) is 12.2 Å². The van der Waals surface area contributed by atoms with E-state index < -0.39 is 0 Å². The van der Waals surface area contributed by atoms with E-state index >= 15 is 0 Å². The summed E-state index contributed by atoms with van der Waals surface area (Å²) in [5.41, 5.74) is 1.35. The highest BCUT2D eigenvalue weighted by Gasteiger charge is 2.08. The third-order valence-corrected chi connectivity index (χ3v) is 2.62. The molecule has 0 amide bonds. The lowest BCUT2D eigenvalue weighted by Gasteiger charge is -2.19. The van der Waals surface area contributed by atoms with Crippen molar-refractivity contribution in [1.29, 1.82) is 0 Å². The van der Waals surface area contributed by atoms with Gasteiger partial charge in [0.2, 0.25) is 0 Å². The largest absolute Gasteiger partial charge is 0.385 e. The number of ether oxygens (including phenoxy) is 1. The fraction of sp³-hybridized carbons (Fsp3) is 0.846. The van der Waals surface area contributed by atoms with Gasteiger partial charge in [-0.05, 0) is 38.6 Å². The highest BCUT2D eigenvalue weighted by atomic mass is 16.5. The molecule has 0 fully saturated rings. The molecule has 0 heterocycles. The van der Waals surface area contributed by atoms with E-state index in [0.717, 1.165) is 32.4 Å². The minimum absolute atomic E-state index is 0.590. The fourth-order valence-corrected chi connectivity index (χ4v) is 1.59. The van der Waals surface area contributed by atoms with Gasteiger partial charge in [0.25, 0.3) is 0 Å². The van der Waals surface area contributed by atoms with Gasteiger partial charge in [-0.3, -0.25) is 0 Å². The zero-order chi connectivity index (χ0) is 11.5. The highest BCUT2D eigenvalue weighted by Crippen LogP contribution is 2.11. The molecule has 1 atom stereocenters. The van der Waals surface area contributed by atoms with E-state index in [1.165, 1.54) is 18.4 Å². The van der Waals surface area contributed by atoms with Crippen molar-refractivity contribution in [3.63, 3.8) is 0 Å². The summed E-state index contributed by atoms with van der Waals surface area (Å²) >= 11 is 0. The SMILES string of the molecule is C=C(CC)CC(CCCOC)NCCC. The summed E-state index contributed by atoms with van der Waals surface area (Å²) in [5.74, 6) is 0. The molecule has 0 aromatic carbocycles. The molecule has 90 valence electrons. The Hall–Kier alpha value is -0.340. The Morgan fingerprint density at radius 3 is 2.67 bits per heavy atom. The molecule has 15 heavy (non-hydrogen) atoms. The molecular formula is C13H27NO. The van der Waals surface area contributed by atoms with Crippen LogP contribution in [0.2, 0.25) is 0 Å². The molecule has 0 saturated carbocycles. The van der Waals surface area contributed by atoms with Crippen molar-refractivity contribution in [2.75, 3.05) is 20.3 Å². The van der Waals surface area contributed by atoms with Gasteiger partial charge in [0.05, 0.1) is 0 Å². The van der Waals surface area contributed by atoms with Crippen LogP contribution in [0.4, 0.5) is 0 Å². The second kappa shape index (κ2) is 10.2. The van der Waals surface area contributed by atoms with E-state index in [9.17, 15) is 0 Å². The van der Waals surface area contributed by atoms with Gasteiger partial charge < -0.3 is 10.1 Å². The molecule has 2 heteroatoms. The molecule has 2 nitrogen and oxygen atoms in total. The Labute approximate surface area is 95.1 Å². The Morgan fingerprint density at radius 1 is 1.40 bits per heavy atom. The second-order valence-electron chi connectivity index (χ2n) is 4.09. The normalized spacial score (nSPS) is 12.7. The van der Waals surface area contributed by atoms with E-state index in [0.29, 0.717) is 6.04 Å². The smallest absolute Gasteiger partial charge is 0.0462 e. The molecule has 0 aliphatic rings. The van der Waals surface area contributed by atoms with Gasteiger partial charge in [-0.1, -0.05) is 26.0 Å². The van der Waals surface area contributed by atoms with Crippen LogP contribution in [-0.4, -0.2) is 26.3 Å². The number of hydrogen-bond donors (Lipinski definition) is 1. The quantitative estimate of drug-likeness (QED) is 0.444. The first-order chi connectivity index (χ1) is 7.24. The molecule has 0 aromatic rings. The molecule has 1 unspecified atom stereocenters. The van der Waals surface area contributed by atoms with Crippen LogP contribution in [0.1, 0.15) is 46.0 Å². The van der Waals surface area contributed by atoms with Gasteiger partial charge in [-0.15, -0.1) is 0 Å². The van der Waals surface area contributed by atoms with E-state index in [2.05, 4.69) is 25.7 Å². The molecule has 0 aliphatic carbocycles. The van der Waals surface area contributed by atoms with Crippen LogP contribution in [0.15, 0.2) is 12.2 Å². The fourth-order valence-electron chi connectivity index (χ4n) is 1.59. The van der Waals surface area contributed by atoms with Crippen LogP contribution in [-0.2, 0) is 4.74 Å². The van der Waals surface area contributed by atoms with E-state index in [-0.39, 0.29) is 0 Å². The van der Waals surface area contributed by atoms with Crippen LogP contribution in [0.3, 0.4) is 0 Å². The first-order valence-corrected chi connectivity index (χ1v) is 6.13. The predicted molar refractivity (Wildman–Crippen MR) is 67.2 cm³/mol. The summed E-state index contributed by atoms with van der Waals surface area (Å²) < 4.78 is 5.08. The maximum Gasteiger partial charge on any atom is 0.0462 e. The summed E-state index contributed by atoms with van der Waals surface area (Å²) in [5, 5.41) is 3.58. The molecule has 0 radical (unpaired) electrons. The van der Waals surface area contributed by atoms with Gasteiger partial charge >= 0.3 is 0 Å². The lowest BCUT2D eigenvalue weighted by atomic mass is 10.0. The van der Waals surface area contributed by atoms with Crippen LogP contribution in [0.5, 0.6) is 0 Å². The predicted octanol–water partition coefficient (Wildman–Crippen LogP) is 3.14. The topological polar surface area (TPSA) is 21.3 Å². The Bertz CT molecular complexity index is 157. The van der Waals surface area contributed by atoms with Crippen molar-refractivity contribution in [1.82, 2.24) is 5.32 Å². The van der Waals surface area contributed by atoms with Crippen LogP contribution < -0.4 is 5.32 Å². The third kappa shape index (κ3) is 8.64. The average molecular weight is 213 g/mol. The number of rotatable bonds is 10. The third-order valence-electron chi connectivity index (χ3n) is 2.62. The van der Waals surface area contributed by atoms with Gasteiger partial charge in [-0.25, -0.2) is 0 Å². The standard InChI is InChI=1S/C13H27NO/c1-5-9-14-13(8-7-10-15-4)11-12(3)6-2/h13-14H,3,5-11H2,1-2,4H3. The Morgan fingerprint density at radius 2 is 2.13 bits per heavy atom. The Balaban J connectivity index is 3.77. The minimum atomic E-state index is 0.590. The van der Waals surface area contributed by atoms with Crippen molar-refractivity contribution < 1.29 is 4.74 Å². The zero-order valence-electron chi connectivity index (χ0n) is 10.6. The first-order valence-electron chi connectivity index (χ1n) is 6.13. The van der Waals surface area contributed by atoms with E-state index in [1.807, 2.05) is 0 Å². The maximum absolute atomic E-state index is 5.08. The number of methoxy groups -OCH3 is 1. The molecule has 0 aliphatic heterocycles. The summed E-state index contributed by atoms with van der Waals surface area (Å²) in [6.07, 6.45) is 5.72. The summed E-state index contributed by atoms with van der Waals surface area (Å²) in [7, 11) is 1.76. The lowest BCUT2D eigenvalue weighted by molar-refractivity contribution is 0.188. The van der Waals surface area contributed by atoms with Gasteiger partial charge in [0.1, 0.15) is 0 Å². The molecule has 0 rings (SSSR count). The van der Waals surface area contributed by atoms with Crippen LogP contribution >= 0.6 is 0 Å². The first kappa shape index (κ1) is 14.7. The lowest BCUT2D eigenvalue weighted by Crippen LogP contribution is -2.30. The van der Waals surface area contributed by atoms with Crippen molar-refractivity contribution in [2.24, 2.45) is 0 Å². The van der Waals surface area contributed by atoms with E-state index in [4.69, 9.17) is 4.74 Å². The number of nitrogens with one attached hydrogen (secondary N) is 1. The average Bonchev–Trinajstić information content (AvgIpc) is 2.25. The van der Waals surface area contributed by atoms with Crippen molar-refractivity contribution >= 4 is 0 Å². The molecule has 0 saturated heterocycles. The molecule has 0 bridgehead atoms. The maximum atomic E-state index is 5.08. The number of hydrogen-bond acceptors (Lipinski definition) is 2. The van der Waals surface area contributed by atoms with Gasteiger partial charge in [0, 0.05) is 19.8 Å². The van der Waals surface area contributed by atoms with Gasteiger partial charge in [-0.2, -0.15) is 0 Å². The van der Waals surface area contributed by atoms with Crippen molar-refractivity contribution in [2.45, 2.75) is 52.0 Å². The van der Waals surface area contributed by atoms with Gasteiger partial charge in [0.15, 0.2) is 0 Å². The van der Waals surface area contributed by atoms with Crippen LogP contribution in [0, 0.1) is 0 Å². The highest BCUT2D eigenvalue weighted by molar-refractivity contribution is 4.96. The summed E-state index contributed by atoms with van der Waals surface area (Å²) in [6.45, 7) is 10.4. The summed E-state index contributed by atoms with van der Waals surface area (Å²) in [4.78, 5) is 0. The molecular weight excluding hydrogens is 186 g/mol. The minimum Gasteiger partial charge on any atom is -0.385 e. The molecule has 1 N–H and O–H groups in total. The Kier molecular flexibility index (Phi) is 9.96.